The maximum absolute atomic E-state index is 12.1. The Labute approximate surface area is 168 Å². The number of carbonyl (C=O) groups is 2. The first-order chi connectivity index (χ1) is 12.8. The van der Waals surface area contributed by atoms with Crippen molar-refractivity contribution in [2.75, 3.05) is 23.8 Å². The van der Waals surface area contributed by atoms with Gasteiger partial charge in [0, 0.05) is 11.9 Å². The number of amides is 1. The fourth-order valence-electron chi connectivity index (χ4n) is 2.37. The van der Waals surface area contributed by atoms with Crippen molar-refractivity contribution in [3.8, 4) is 0 Å². The molecule has 1 amide bonds. The van der Waals surface area contributed by atoms with Crippen LogP contribution in [0.3, 0.4) is 0 Å². The van der Waals surface area contributed by atoms with Gasteiger partial charge in [0.15, 0.2) is 17.4 Å². The number of thiazole rings is 1. The number of nitrogens with one attached hydrogen (secondary N) is 2. The topological polar surface area (TPSA) is 80.3 Å². The molecule has 1 aromatic carbocycles. The molecule has 0 atom stereocenters. The van der Waals surface area contributed by atoms with E-state index in [2.05, 4.69) is 29.5 Å². The molecule has 2 rings (SSSR count). The standard InChI is InChI=1S/C19H24ClN3O3S/c1-11(2)5-6-21-19-22-15(10-27-19)18(25)26-9-16(24)23-17-13(4)7-12(3)8-14(17)20/h7-8,10-11H,5-6,9H2,1-4H3,(H,21,22)(H,23,24). The summed E-state index contributed by atoms with van der Waals surface area (Å²) in [6.45, 7) is 8.44. The Morgan fingerprint density at radius 3 is 2.70 bits per heavy atom. The molecular formula is C19H24ClN3O3S. The fraction of sp³-hybridized carbons (Fsp3) is 0.421. The zero-order chi connectivity index (χ0) is 20.0. The van der Waals surface area contributed by atoms with Crippen LogP contribution in [-0.2, 0) is 9.53 Å². The molecule has 0 spiro atoms. The molecule has 0 aliphatic rings. The number of benzene rings is 1. The first kappa shape index (κ1) is 21.2. The molecular weight excluding hydrogens is 386 g/mol. The molecule has 0 unspecified atom stereocenters. The Morgan fingerprint density at radius 2 is 2.04 bits per heavy atom. The molecule has 0 saturated carbocycles. The Hall–Kier alpha value is -2.12. The van der Waals surface area contributed by atoms with Crippen LogP contribution < -0.4 is 10.6 Å². The van der Waals surface area contributed by atoms with Crippen LogP contribution in [0.2, 0.25) is 5.02 Å². The largest absolute Gasteiger partial charge is 0.451 e. The maximum atomic E-state index is 12.1. The van der Waals surface area contributed by atoms with Gasteiger partial charge in [-0.3, -0.25) is 4.79 Å². The van der Waals surface area contributed by atoms with Crippen LogP contribution in [0.4, 0.5) is 10.8 Å². The van der Waals surface area contributed by atoms with Gasteiger partial charge in [0.1, 0.15) is 0 Å². The second-order valence-electron chi connectivity index (χ2n) is 6.71. The van der Waals surface area contributed by atoms with Crippen LogP contribution in [-0.4, -0.2) is 30.0 Å². The van der Waals surface area contributed by atoms with Crippen molar-refractivity contribution in [3.63, 3.8) is 0 Å². The summed E-state index contributed by atoms with van der Waals surface area (Å²) in [7, 11) is 0. The molecule has 0 aliphatic heterocycles. The molecule has 0 aliphatic carbocycles. The average Bonchev–Trinajstić information content (AvgIpc) is 3.04. The molecule has 2 N–H and O–H groups in total. The van der Waals surface area contributed by atoms with E-state index in [9.17, 15) is 9.59 Å². The lowest BCUT2D eigenvalue weighted by atomic mass is 10.1. The smallest absolute Gasteiger partial charge is 0.358 e. The highest BCUT2D eigenvalue weighted by Gasteiger charge is 2.15. The quantitative estimate of drug-likeness (QED) is 0.619. The Balaban J connectivity index is 1.85. The molecule has 8 heteroatoms. The van der Waals surface area contributed by atoms with Crippen LogP contribution in [0.15, 0.2) is 17.5 Å². The fourth-order valence-corrected chi connectivity index (χ4v) is 3.45. The highest BCUT2D eigenvalue weighted by Crippen LogP contribution is 2.27. The normalized spacial score (nSPS) is 10.7. The number of aromatic nitrogens is 1. The van der Waals surface area contributed by atoms with E-state index in [1.54, 1.807) is 11.4 Å². The van der Waals surface area contributed by atoms with E-state index in [1.807, 2.05) is 19.9 Å². The number of carbonyl (C=O) groups excluding carboxylic acids is 2. The third-order valence-corrected chi connectivity index (χ3v) is 4.84. The van der Waals surface area contributed by atoms with E-state index in [-0.39, 0.29) is 5.69 Å². The second kappa shape index (κ2) is 9.71. The Morgan fingerprint density at radius 1 is 1.30 bits per heavy atom. The van der Waals surface area contributed by atoms with Gasteiger partial charge in [0.25, 0.3) is 5.91 Å². The summed E-state index contributed by atoms with van der Waals surface area (Å²) in [5.41, 5.74) is 2.55. The van der Waals surface area contributed by atoms with Crippen molar-refractivity contribution in [2.45, 2.75) is 34.1 Å². The van der Waals surface area contributed by atoms with Gasteiger partial charge < -0.3 is 15.4 Å². The highest BCUT2D eigenvalue weighted by molar-refractivity contribution is 7.13. The van der Waals surface area contributed by atoms with E-state index in [0.717, 1.165) is 24.1 Å². The molecule has 0 saturated heterocycles. The van der Waals surface area contributed by atoms with Gasteiger partial charge in [0.2, 0.25) is 0 Å². The maximum Gasteiger partial charge on any atom is 0.358 e. The molecule has 27 heavy (non-hydrogen) atoms. The number of aryl methyl sites for hydroxylation is 2. The Bertz CT molecular complexity index is 797. The Kier molecular flexibility index (Phi) is 7.62. The van der Waals surface area contributed by atoms with Crippen LogP contribution in [0.1, 0.15) is 41.9 Å². The monoisotopic (exact) mass is 409 g/mol. The molecule has 2 aromatic rings. The third kappa shape index (κ3) is 6.52. The van der Waals surface area contributed by atoms with Crippen molar-refractivity contribution >= 4 is 45.6 Å². The van der Waals surface area contributed by atoms with Crippen LogP contribution >= 0.6 is 22.9 Å². The number of ether oxygens (including phenoxy) is 1. The summed E-state index contributed by atoms with van der Waals surface area (Å²) in [4.78, 5) is 28.3. The van der Waals surface area contributed by atoms with E-state index in [1.165, 1.54) is 11.3 Å². The molecule has 0 fully saturated rings. The zero-order valence-corrected chi connectivity index (χ0v) is 17.5. The number of halogens is 1. The van der Waals surface area contributed by atoms with Gasteiger partial charge in [-0.2, -0.15) is 0 Å². The van der Waals surface area contributed by atoms with Gasteiger partial charge in [0.05, 0.1) is 10.7 Å². The van der Waals surface area contributed by atoms with Crippen molar-refractivity contribution < 1.29 is 14.3 Å². The van der Waals surface area contributed by atoms with Gasteiger partial charge in [-0.1, -0.05) is 31.5 Å². The van der Waals surface area contributed by atoms with Crippen molar-refractivity contribution in [2.24, 2.45) is 5.92 Å². The molecule has 1 aromatic heterocycles. The minimum Gasteiger partial charge on any atom is -0.451 e. The minimum atomic E-state index is -0.634. The van der Waals surface area contributed by atoms with Gasteiger partial charge >= 0.3 is 5.97 Å². The summed E-state index contributed by atoms with van der Waals surface area (Å²) in [5, 5.41) is 8.57. The van der Waals surface area contributed by atoms with Crippen LogP contribution in [0.25, 0.3) is 0 Å². The van der Waals surface area contributed by atoms with Crippen molar-refractivity contribution in [1.82, 2.24) is 4.98 Å². The third-order valence-electron chi connectivity index (χ3n) is 3.74. The molecule has 0 radical (unpaired) electrons. The van der Waals surface area contributed by atoms with E-state index < -0.39 is 18.5 Å². The predicted molar refractivity (Wildman–Crippen MR) is 110 cm³/mol. The van der Waals surface area contributed by atoms with E-state index in [4.69, 9.17) is 16.3 Å². The van der Waals surface area contributed by atoms with Crippen LogP contribution in [0, 0.1) is 19.8 Å². The summed E-state index contributed by atoms with van der Waals surface area (Å²) < 4.78 is 5.04. The highest BCUT2D eigenvalue weighted by atomic mass is 35.5. The molecule has 146 valence electrons. The second-order valence-corrected chi connectivity index (χ2v) is 7.98. The van der Waals surface area contributed by atoms with Crippen molar-refractivity contribution in [3.05, 3.63) is 39.4 Å². The lowest BCUT2D eigenvalue weighted by molar-refractivity contribution is -0.119. The molecule has 0 bridgehead atoms. The first-order valence-electron chi connectivity index (χ1n) is 8.69. The summed E-state index contributed by atoms with van der Waals surface area (Å²) in [5.74, 6) is -0.501. The first-order valence-corrected chi connectivity index (χ1v) is 9.95. The zero-order valence-electron chi connectivity index (χ0n) is 15.9. The summed E-state index contributed by atoms with van der Waals surface area (Å²) in [6.07, 6.45) is 1.01. The number of hydrogen-bond acceptors (Lipinski definition) is 6. The lowest BCUT2D eigenvalue weighted by Crippen LogP contribution is -2.21. The summed E-state index contributed by atoms with van der Waals surface area (Å²) in [6, 6.07) is 3.68. The average molecular weight is 410 g/mol. The predicted octanol–water partition coefficient (Wildman–Crippen LogP) is 4.67. The lowest BCUT2D eigenvalue weighted by Gasteiger charge is -2.11. The number of anilines is 2. The molecule has 1 heterocycles. The number of hydrogen-bond donors (Lipinski definition) is 2. The number of esters is 1. The van der Waals surface area contributed by atoms with Crippen LogP contribution in [0.5, 0.6) is 0 Å². The summed E-state index contributed by atoms with van der Waals surface area (Å²) >= 11 is 7.49. The molecule has 6 nitrogen and oxygen atoms in total. The number of rotatable bonds is 8. The van der Waals surface area contributed by atoms with Gasteiger partial charge in [-0.05, 0) is 43.4 Å². The van der Waals surface area contributed by atoms with Crippen molar-refractivity contribution in [1.29, 1.82) is 0 Å². The van der Waals surface area contributed by atoms with E-state index >= 15 is 0 Å². The minimum absolute atomic E-state index is 0.185. The van der Waals surface area contributed by atoms with Gasteiger partial charge in [-0.25, -0.2) is 9.78 Å². The van der Waals surface area contributed by atoms with Gasteiger partial charge in [-0.15, -0.1) is 11.3 Å². The van der Waals surface area contributed by atoms with E-state index in [0.29, 0.717) is 21.8 Å². The SMILES string of the molecule is Cc1cc(C)c(NC(=O)COC(=O)c2csc(NCCC(C)C)n2)c(Cl)c1. The number of nitrogens with zero attached hydrogens (tertiary/aromatic N) is 1.